The summed E-state index contributed by atoms with van der Waals surface area (Å²) in [5, 5.41) is 10.2. The lowest BCUT2D eigenvalue weighted by molar-refractivity contribution is -0.0217. The highest BCUT2D eigenvalue weighted by molar-refractivity contribution is 5.92. The molecule has 0 radical (unpaired) electrons. The first-order valence-corrected chi connectivity index (χ1v) is 6.98. The van der Waals surface area contributed by atoms with Gasteiger partial charge in [0.15, 0.2) is 0 Å². The summed E-state index contributed by atoms with van der Waals surface area (Å²) in [7, 11) is 1.32. The Morgan fingerprint density at radius 2 is 2.00 bits per heavy atom. The van der Waals surface area contributed by atoms with Crippen LogP contribution in [0.15, 0.2) is 18.2 Å². The van der Waals surface area contributed by atoms with Crippen LogP contribution in [0.3, 0.4) is 0 Å². The van der Waals surface area contributed by atoms with Crippen molar-refractivity contribution in [2.24, 2.45) is 0 Å². The number of rotatable bonds is 1. The molecule has 3 rings (SSSR count). The van der Waals surface area contributed by atoms with E-state index in [1.54, 1.807) is 13.0 Å². The van der Waals surface area contributed by atoms with E-state index in [1.807, 2.05) is 26.0 Å². The topological polar surface area (TPSA) is 68.7 Å². The molecule has 1 aromatic heterocycles. The lowest BCUT2D eigenvalue weighted by Crippen LogP contribution is -2.18. The lowest BCUT2D eigenvalue weighted by atomic mass is 9.94. The Kier molecular flexibility index (Phi) is 3.37. The normalized spacial score (nSPS) is 15.6. The number of aromatic nitrogens is 1. The van der Waals surface area contributed by atoms with Crippen molar-refractivity contribution in [1.82, 2.24) is 4.98 Å². The van der Waals surface area contributed by atoms with Crippen LogP contribution in [0.1, 0.15) is 39.0 Å². The van der Waals surface area contributed by atoms with E-state index < -0.39 is 12.3 Å². The molecule has 1 atom stereocenters. The van der Waals surface area contributed by atoms with Crippen molar-refractivity contribution in [3.05, 3.63) is 46.1 Å². The maximum Gasteiger partial charge on any atom is 0.339 e. The minimum atomic E-state index is -1.15. The Morgan fingerprint density at radius 1 is 1.27 bits per heavy atom. The number of methoxy groups -OCH3 is 1. The van der Waals surface area contributed by atoms with Crippen LogP contribution in [0.4, 0.5) is 0 Å². The van der Waals surface area contributed by atoms with Gasteiger partial charge in [-0.25, -0.2) is 4.79 Å². The minimum absolute atomic E-state index is 0.331. The number of benzene rings is 1. The number of ether oxygens (including phenoxy) is 2. The predicted octanol–water partition coefficient (Wildman–Crippen LogP) is 2.84. The van der Waals surface area contributed by atoms with Gasteiger partial charge in [0.25, 0.3) is 0 Å². The molecule has 5 heteroatoms. The molecule has 0 unspecified atom stereocenters. The SMILES string of the molecule is COC(=O)c1cc2c(nc1C)-c1c(C)cc(C)cc1O[C@@H]2O. The molecule has 0 saturated heterocycles. The number of fused-ring (bicyclic) bond motifs is 3. The van der Waals surface area contributed by atoms with Crippen molar-refractivity contribution in [3.8, 4) is 17.0 Å². The van der Waals surface area contributed by atoms with E-state index in [0.29, 0.717) is 28.3 Å². The zero-order valence-corrected chi connectivity index (χ0v) is 12.9. The number of aliphatic hydroxyl groups excluding tert-OH is 1. The smallest absolute Gasteiger partial charge is 0.339 e. The van der Waals surface area contributed by atoms with Crippen molar-refractivity contribution >= 4 is 5.97 Å². The molecule has 0 amide bonds. The summed E-state index contributed by atoms with van der Waals surface area (Å²) < 4.78 is 10.3. The lowest BCUT2D eigenvalue weighted by Gasteiger charge is -2.27. The highest BCUT2D eigenvalue weighted by Crippen LogP contribution is 2.43. The van der Waals surface area contributed by atoms with Crippen LogP contribution < -0.4 is 4.74 Å². The summed E-state index contributed by atoms with van der Waals surface area (Å²) >= 11 is 0. The largest absolute Gasteiger partial charge is 0.465 e. The van der Waals surface area contributed by atoms with Gasteiger partial charge in [0.1, 0.15) is 5.75 Å². The summed E-state index contributed by atoms with van der Waals surface area (Å²) in [4.78, 5) is 16.3. The summed E-state index contributed by atoms with van der Waals surface area (Å²) in [6.07, 6.45) is -1.15. The highest BCUT2D eigenvalue weighted by atomic mass is 16.6. The maximum absolute atomic E-state index is 11.8. The molecule has 0 aliphatic carbocycles. The molecular formula is C17H17NO4. The molecule has 0 bridgehead atoms. The fraction of sp³-hybridized carbons (Fsp3) is 0.294. The standard InChI is InChI=1S/C17H17NO4/c1-8-5-9(2)14-13(6-8)22-17(20)12-7-11(16(19)21-4)10(3)18-15(12)14/h5-7,17,20H,1-4H3/t17-/m0/s1. The quantitative estimate of drug-likeness (QED) is 0.820. The van der Waals surface area contributed by atoms with E-state index in [0.717, 1.165) is 16.7 Å². The van der Waals surface area contributed by atoms with E-state index in [-0.39, 0.29) is 0 Å². The van der Waals surface area contributed by atoms with Crippen LogP contribution in [0.5, 0.6) is 5.75 Å². The Bertz CT molecular complexity index is 783. The van der Waals surface area contributed by atoms with Gasteiger partial charge in [-0.15, -0.1) is 0 Å². The number of hydrogen-bond acceptors (Lipinski definition) is 5. The summed E-state index contributed by atoms with van der Waals surface area (Å²) in [6, 6.07) is 5.50. The molecule has 1 N–H and O–H groups in total. The third kappa shape index (κ3) is 2.14. The predicted molar refractivity (Wildman–Crippen MR) is 80.8 cm³/mol. The third-order valence-electron chi connectivity index (χ3n) is 3.83. The van der Waals surface area contributed by atoms with E-state index >= 15 is 0 Å². The van der Waals surface area contributed by atoms with Gasteiger partial charge in [-0.2, -0.15) is 0 Å². The molecule has 1 aliphatic rings. The van der Waals surface area contributed by atoms with Gasteiger partial charge < -0.3 is 14.6 Å². The monoisotopic (exact) mass is 299 g/mol. The van der Waals surface area contributed by atoms with Gasteiger partial charge in [0.05, 0.1) is 24.1 Å². The molecule has 1 aromatic carbocycles. The van der Waals surface area contributed by atoms with Crippen LogP contribution in [0.25, 0.3) is 11.3 Å². The van der Waals surface area contributed by atoms with Crippen molar-refractivity contribution in [2.75, 3.05) is 7.11 Å². The second-order valence-corrected chi connectivity index (χ2v) is 5.48. The van der Waals surface area contributed by atoms with Crippen LogP contribution >= 0.6 is 0 Å². The molecule has 0 spiro atoms. The van der Waals surface area contributed by atoms with E-state index in [9.17, 15) is 9.90 Å². The third-order valence-corrected chi connectivity index (χ3v) is 3.83. The highest BCUT2D eigenvalue weighted by Gasteiger charge is 2.29. The second kappa shape index (κ2) is 5.10. The number of hydrogen-bond donors (Lipinski definition) is 1. The van der Waals surface area contributed by atoms with Gasteiger partial charge in [-0.1, -0.05) is 6.07 Å². The molecule has 0 saturated carbocycles. The van der Waals surface area contributed by atoms with Gasteiger partial charge >= 0.3 is 5.97 Å². The zero-order valence-electron chi connectivity index (χ0n) is 12.9. The van der Waals surface area contributed by atoms with Crippen LogP contribution in [-0.2, 0) is 4.74 Å². The first-order valence-electron chi connectivity index (χ1n) is 6.98. The number of carbonyl (C=O) groups excluding carboxylic acids is 1. The Hall–Kier alpha value is -2.40. The molecule has 0 fully saturated rings. The zero-order chi connectivity index (χ0) is 16.0. The van der Waals surface area contributed by atoms with Crippen LogP contribution in [0.2, 0.25) is 0 Å². The first kappa shape index (κ1) is 14.5. The van der Waals surface area contributed by atoms with Crippen molar-refractivity contribution < 1.29 is 19.4 Å². The summed E-state index contributed by atoms with van der Waals surface area (Å²) in [6.45, 7) is 5.69. The number of esters is 1. The molecule has 2 heterocycles. The van der Waals surface area contributed by atoms with Gasteiger partial charge in [-0.05, 0) is 44.0 Å². The Morgan fingerprint density at radius 3 is 2.68 bits per heavy atom. The van der Waals surface area contributed by atoms with E-state index in [2.05, 4.69) is 4.98 Å². The number of pyridine rings is 1. The minimum Gasteiger partial charge on any atom is -0.465 e. The Balaban J connectivity index is 2.28. The number of aryl methyl sites for hydroxylation is 3. The average molecular weight is 299 g/mol. The second-order valence-electron chi connectivity index (χ2n) is 5.48. The van der Waals surface area contributed by atoms with E-state index in [1.165, 1.54) is 7.11 Å². The molecule has 2 aromatic rings. The number of carbonyl (C=O) groups is 1. The molecule has 22 heavy (non-hydrogen) atoms. The van der Waals surface area contributed by atoms with Gasteiger partial charge in [0, 0.05) is 11.1 Å². The van der Waals surface area contributed by atoms with Crippen molar-refractivity contribution in [3.63, 3.8) is 0 Å². The first-order chi connectivity index (χ1) is 10.4. The summed E-state index contributed by atoms with van der Waals surface area (Å²) in [5.74, 6) is 0.127. The molecule has 1 aliphatic heterocycles. The van der Waals surface area contributed by atoms with Gasteiger partial charge in [-0.3, -0.25) is 4.98 Å². The summed E-state index contributed by atoms with van der Waals surface area (Å²) in [5.41, 5.74) is 4.94. The Labute approximate surface area is 128 Å². The average Bonchev–Trinajstić information content (AvgIpc) is 2.45. The van der Waals surface area contributed by atoms with E-state index in [4.69, 9.17) is 9.47 Å². The fourth-order valence-corrected chi connectivity index (χ4v) is 2.83. The molecule has 114 valence electrons. The van der Waals surface area contributed by atoms with Crippen LogP contribution in [0, 0.1) is 20.8 Å². The maximum atomic E-state index is 11.8. The molecular weight excluding hydrogens is 282 g/mol. The van der Waals surface area contributed by atoms with Crippen molar-refractivity contribution in [1.29, 1.82) is 0 Å². The molecule has 5 nitrogen and oxygen atoms in total. The van der Waals surface area contributed by atoms with Crippen molar-refractivity contribution in [2.45, 2.75) is 27.1 Å². The van der Waals surface area contributed by atoms with Gasteiger partial charge in [0.2, 0.25) is 6.29 Å². The van der Waals surface area contributed by atoms with Crippen LogP contribution in [-0.4, -0.2) is 23.2 Å². The number of nitrogens with zero attached hydrogens (tertiary/aromatic N) is 1. The number of aliphatic hydroxyl groups is 1. The fourth-order valence-electron chi connectivity index (χ4n) is 2.83.